The molecule has 2 aromatic heterocycles. The highest BCUT2D eigenvalue weighted by atomic mass is 16.1. The fourth-order valence-electron chi connectivity index (χ4n) is 2.28. The zero-order valence-electron chi connectivity index (χ0n) is 9.47. The molecule has 1 fully saturated rings. The predicted molar refractivity (Wildman–Crippen MR) is 64.1 cm³/mol. The first kappa shape index (κ1) is 10.4. The van der Waals surface area contributed by atoms with Gasteiger partial charge in [-0.05, 0) is 25.9 Å². The van der Waals surface area contributed by atoms with Gasteiger partial charge in [0.2, 0.25) is 0 Å². The third-order valence-electron chi connectivity index (χ3n) is 3.26. The van der Waals surface area contributed by atoms with Crippen LogP contribution in [0.15, 0.2) is 29.5 Å². The normalized spacial score (nSPS) is 17.4. The number of hydrogen-bond donors (Lipinski definition) is 1. The molecule has 5 nitrogen and oxygen atoms in total. The van der Waals surface area contributed by atoms with Gasteiger partial charge in [0.25, 0.3) is 5.56 Å². The van der Waals surface area contributed by atoms with E-state index in [-0.39, 0.29) is 5.56 Å². The van der Waals surface area contributed by atoms with Crippen LogP contribution in [0, 0.1) is 0 Å². The van der Waals surface area contributed by atoms with Gasteiger partial charge in [0.1, 0.15) is 0 Å². The van der Waals surface area contributed by atoms with Gasteiger partial charge in [-0.1, -0.05) is 0 Å². The van der Waals surface area contributed by atoms with Crippen LogP contribution < -0.4 is 10.9 Å². The van der Waals surface area contributed by atoms with Crippen molar-refractivity contribution in [3.8, 4) is 0 Å². The lowest BCUT2D eigenvalue weighted by molar-refractivity contribution is 0.452. The van der Waals surface area contributed by atoms with Gasteiger partial charge in [-0.15, -0.1) is 0 Å². The zero-order valence-corrected chi connectivity index (χ0v) is 9.47. The summed E-state index contributed by atoms with van der Waals surface area (Å²) in [6, 6.07) is 1.47. The molecule has 3 heterocycles. The molecule has 3 rings (SSSR count). The highest BCUT2D eigenvalue weighted by Gasteiger charge is 2.16. The molecular formula is C12H14N4O. The Hall–Kier alpha value is -1.75. The molecular weight excluding hydrogens is 216 g/mol. The summed E-state index contributed by atoms with van der Waals surface area (Å²) in [4.78, 5) is 20.2. The van der Waals surface area contributed by atoms with Gasteiger partial charge >= 0.3 is 0 Å². The number of rotatable bonds is 1. The van der Waals surface area contributed by atoms with Gasteiger partial charge in [0.15, 0.2) is 5.65 Å². The van der Waals surface area contributed by atoms with Crippen LogP contribution in [-0.4, -0.2) is 27.5 Å². The van der Waals surface area contributed by atoms with E-state index in [1.165, 1.54) is 12.3 Å². The van der Waals surface area contributed by atoms with Crippen LogP contribution in [-0.2, 0) is 0 Å². The largest absolute Gasteiger partial charge is 0.317 e. The fourth-order valence-corrected chi connectivity index (χ4v) is 2.28. The molecule has 1 aliphatic rings. The third-order valence-corrected chi connectivity index (χ3v) is 3.26. The van der Waals surface area contributed by atoms with Crippen molar-refractivity contribution in [1.29, 1.82) is 0 Å². The van der Waals surface area contributed by atoms with Gasteiger partial charge in [0, 0.05) is 24.4 Å². The number of nitrogens with zero attached hydrogens (tertiary/aromatic N) is 3. The minimum atomic E-state index is -0.0485. The standard InChI is InChI=1S/C12H14N4O/c17-12-3-6-14-11-7-15-10(8-16(11)12)9-1-4-13-5-2-9/h3,6-9,13H,1-2,4-5H2. The summed E-state index contributed by atoms with van der Waals surface area (Å²) in [6.45, 7) is 2.04. The highest BCUT2D eigenvalue weighted by Crippen LogP contribution is 2.22. The number of aromatic nitrogens is 3. The maximum atomic E-state index is 11.7. The van der Waals surface area contributed by atoms with Gasteiger partial charge in [-0.25, -0.2) is 4.98 Å². The number of fused-ring (bicyclic) bond motifs is 1. The third kappa shape index (κ3) is 1.93. The molecule has 0 radical (unpaired) electrons. The van der Waals surface area contributed by atoms with E-state index in [1.54, 1.807) is 10.6 Å². The van der Waals surface area contributed by atoms with E-state index >= 15 is 0 Å². The van der Waals surface area contributed by atoms with E-state index < -0.39 is 0 Å². The lowest BCUT2D eigenvalue weighted by Gasteiger charge is -2.22. The second kappa shape index (κ2) is 4.25. The van der Waals surface area contributed by atoms with Crippen LogP contribution in [0.3, 0.4) is 0 Å². The van der Waals surface area contributed by atoms with Crippen molar-refractivity contribution in [2.75, 3.05) is 13.1 Å². The Labute approximate surface area is 98.5 Å². The predicted octanol–water partition coefficient (Wildman–Crippen LogP) is 0.556. The van der Waals surface area contributed by atoms with Gasteiger partial charge in [-0.2, -0.15) is 0 Å². The summed E-state index contributed by atoms with van der Waals surface area (Å²) in [6.07, 6.45) is 7.18. The van der Waals surface area contributed by atoms with Crippen molar-refractivity contribution >= 4 is 5.65 Å². The number of nitrogens with one attached hydrogen (secondary N) is 1. The minimum absolute atomic E-state index is 0.0485. The van der Waals surface area contributed by atoms with Crippen LogP contribution in [0.4, 0.5) is 0 Å². The van der Waals surface area contributed by atoms with Crippen molar-refractivity contribution in [3.05, 3.63) is 40.7 Å². The molecule has 0 atom stereocenters. The Morgan fingerprint density at radius 3 is 2.94 bits per heavy atom. The fraction of sp³-hybridized carbons (Fsp3) is 0.417. The number of piperidine rings is 1. The monoisotopic (exact) mass is 230 g/mol. The summed E-state index contributed by atoms with van der Waals surface area (Å²) in [5.41, 5.74) is 1.55. The molecule has 1 N–H and O–H groups in total. The molecule has 2 aromatic rings. The van der Waals surface area contributed by atoms with Crippen molar-refractivity contribution < 1.29 is 0 Å². The second-order valence-electron chi connectivity index (χ2n) is 4.35. The van der Waals surface area contributed by atoms with Gasteiger partial charge < -0.3 is 5.32 Å². The Balaban J connectivity index is 2.06. The Kier molecular flexibility index (Phi) is 2.60. The van der Waals surface area contributed by atoms with E-state index in [1.807, 2.05) is 6.20 Å². The second-order valence-corrected chi connectivity index (χ2v) is 4.35. The van der Waals surface area contributed by atoms with Crippen molar-refractivity contribution in [1.82, 2.24) is 19.7 Å². The Morgan fingerprint density at radius 1 is 1.29 bits per heavy atom. The average Bonchev–Trinajstić information content (AvgIpc) is 2.40. The summed E-state index contributed by atoms with van der Waals surface area (Å²) in [5.74, 6) is 0.452. The molecule has 88 valence electrons. The summed E-state index contributed by atoms with van der Waals surface area (Å²) < 4.78 is 1.57. The van der Waals surface area contributed by atoms with E-state index in [2.05, 4.69) is 15.3 Å². The zero-order chi connectivity index (χ0) is 11.7. The topological polar surface area (TPSA) is 59.3 Å². The molecule has 0 amide bonds. The van der Waals surface area contributed by atoms with Crippen LogP contribution in [0.2, 0.25) is 0 Å². The first-order valence-corrected chi connectivity index (χ1v) is 5.88. The van der Waals surface area contributed by atoms with Crippen molar-refractivity contribution in [3.63, 3.8) is 0 Å². The van der Waals surface area contributed by atoms with E-state index in [0.29, 0.717) is 11.6 Å². The lowest BCUT2D eigenvalue weighted by atomic mass is 9.95. The minimum Gasteiger partial charge on any atom is -0.317 e. The summed E-state index contributed by atoms with van der Waals surface area (Å²) in [7, 11) is 0. The average molecular weight is 230 g/mol. The molecule has 0 unspecified atom stereocenters. The van der Waals surface area contributed by atoms with Crippen LogP contribution >= 0.6 is 0 Å². The van der Waals surface area contributed by atoms with Crippen LogP contribution in [0.1, 0.15) is 24.5 Å². The molecule has 0 aromatic carbocycles. The first-order chi connectivity index (χ1) is 8.34. The van der Waals surface area contributed by atoms with E-state index in [4.69, 9.17) is 0 Å². The van der Waals surface area contributed by atoms with E-state index in [9.17, 15) is 4.79 Å². The highest BCUT2D eigenvalue weighted by molar-refractivity contribution is 5.34. The summed E-state index contributed by atoms with van der Waals surface area (Å²) >= 11 is 0. The molecule has 1 saturated heterocycles. The van der Waals surface area contributed by atoms with Gasteiger partial charge in [0.05, 0.1) is 11.9 Å². The molecule has 17 heavy (non-hydrogen) atoms. The molecule has 0 bridgehead atoms. The molecule has 5 heteroatoms. The lowest BCUT2D eigenvalue weighted by Crippen LogP contribution is -2.27. The number of hydrogen-bond acceptors (Lipinski definition) is 4. The Morgan fingerprint density at radius 2 is 2.12 bits per heavy atom. The molecule has 0 aliphatic carbocycles. The van der Waals surface area contributed by atoms with Gasteiger partial charge in [-0.3, -0.25) is 14.2 Å². The molecule has 0 spiro atoms. The maximum absolute atomic E-state index is 11.7. The quantitative estimate of drug-likeness (QED) is 0.777. The van der Waals surface area contributed by atoms with Crippen molar-refractivity contribution in [2.45, 2.75) is 18.8 Å². The molecule has 1 aliphatic heterocycles. The van der Waals surface area contributed by atoms with Crippen molar-refractivity contribution in [2.24, 2.45) is 0 Å². The first-order valence-electron chi connectivity index (χ1n) is 5.88. The van der Waals surface area contributed by atoms with Crippen LogP contribution in [0.25, 0.3) is 5.65 Å². The van der Waals surface area contributed by atoms with E-state index in [0.717, 1.165) is 31.6 Å². The summed E-state index contributed by atoms with van der Waals surface area (Å²) in [5, 5.41) is 3.32. The van der Waals surface area contributed by atoms with Crippen LogP contribution in [0.5, 0.6) is 0 Å². The maximum Gasteiger partial charge on any atom is 0.257 e. The molecule has 0 saturated carbocycles. The Bertz CT molecular complexity index is 586. The SMILES string of the molecule is O=c1ccnc2cnc(C3CCNCC3)cn12. The smallest absolute Gasteiger partial charge is 0.257 e.